The van der Waals surface area contributed by atoms with Gasteiger partial charge in [-0.3, -0.25) is 9.10 Å². The van der Waals surface area contributed by atoms with Crippen molar-refractivity contribution in [2.24, 2.45) is 0 Å². The van der Waals surface area contributed by atoms with Gasteiger partial charge in [0, 0.05) is 18.0 Å². The fourth-order valence-electron chi connectivity index (χ4n) is 4.37. The second-order valence-corrected chi connectivity index (χ2v) is 10.9. The molecule has 0 heterocycles. The molecule has 0 radical (unpaired) electrons. The first-order chi connectivity index (χ1) is 15.2. The molecule has 0 bridgehead atoms. The van der Waals surface area contributed by atoms with Crippen molar-refractivity contribution in [1.82, 2.24) is 5.32 Å². The smallest absolute Gasteiger partial charge is 0.232 e. The zero-order valence-corrected chi connectivity index (χ0v) is 20.7. The van der Waals surface area contributed by atoms with Crippen LogP contribution in [0.2, 0.25) is 5.02 Å². The van der Waals surface area contributed by atoms with Gasteiger partial charge in [0.05, 0.1) is 18.0 Å². The molecule has 2 aromatic carbocycles. The molecule has 1 aliphatic carbocycles. The Balaban J connectivity index is 1.62. The lowest BCUT2D eigenvalue weighted by Crippen LogP contribution is -2.33. The molecule has 0 aliphatic heterocycles. The summed E-state index contributed by atoms with van der Waals surface area (Å²) in [5, 5.41) is 3.65. The highest BCUT2D eigenvalue weighted by molar-refractivity contribution is 7.92. The van der Waals surface area contributed by atoms with E-state index < -0.39 is 10.0 Å². The van der Waals surface area contributed by atoms with Crippen molar-refractivity contribution in [1.29, 1.82) is 0 Å². The minimum Gasteiger partial charge on any atom is -0.349 e. The van der Waals surface area contributed by atoms with Gasteiger partial charge in [0.25, 0.3) is 0 Å². The molecule has 7 heteroatoms. The number of fused-ring (bicyclic) bond motifs is 1. The number of halogens is 1. The van der Waals surface area contributed by atoms with E-state index in [1.54, 1.807) is 25.1 Å². The van der Waals surface area contributed by atoms with Crippen molar-refractivity contribution in [2.45, 2.75) is 64.8 Å². The molecule has 0 spiro atoms. The minimum absolute atomic E-state index is 0.0316. The van der Waals surface area contributed by atoms with Crippen molar-refractivity contribution in [2.75, 3.05) is 17.1 Å². The largest absolute Gasteiger partial charge is 0.349 e. The van der Waals surface area contributed by atoms with E-state index in [0.717, 1.165) is 24.8 Å². The maximum absolute atomic E-state index is 12.7. The summed E-state index contributed by atoms with van der Waals surface area (Å²) in [6, 6.07) is 11.8. The van der Waals surface area contributed by atoms with E-state index in [1.807, 2.05) is 0 Å². The molecule has 0 saturated carbocycles. The Bertz CT molecular complexity index is 1070. The molecule has 174 valence electrons. The van der Waals surface area contributed by atoms with Crippen LogP contribution in [-0.2, 0) is 27.7 Å². The first-order valence-corrected chi connectivity index (χ1v) is 13.6. The number of nitrogens with zero attached hydrogens (tertiary/aromatic N) is 1. The third-order valence-electron chi connectivity index (χ3n) is 6.19. The van der Waals surface area contributed by atoms with Gasteiger partial charge < -0.3 is 5.32 Å². The van der Waals surface area contributed by atoms with Crippen LogP contribution in [0.4, 0.5) is 5.69 Å². The second kappa shape index (κ2) is 10.7. The Hall–Kier alpha value is -2.05. The van der Waals surface area contributed by atoms with Gasteiger partial charge >= 0.3 is 0 Å². The Morgan fingerprint density at radius 1 is 1.16 bits per heavy atom. The van der Waals surface area contributed by atoms with E-state index in [9.17, 15) is 13.2 Å². The number of carbonyl (C=O) groups is 1. The topological polar surface area (TPSA) is 66.5 Å². The third-order valence-corrected chi connectivity index (χ3v) is 7.78. The number of carbonyl (C=O) groups excluding carboxylic acids is 1. The van der Waals surface area contributed by atoms with Crippen LogP contribution in [0.5, 0.6) is 0 Å². The van der Waals surface area contributed by atoms with Crippen LogP contribution >= 0.6 is 11.6 Å². The van der Waals surface area contributed by atoms with Crippen molar-refractivity contribution >= 4 is 33.2 Å². The summed E-state index contributed by atoms with van der Waals surface area (Å²) in [5.74, 6) is -0.0640. The molecule has 2 aromatic rings. The molecule has 0 fully saturated rings. The number of anilines is 1. The standard InChI is InChI=1S/C25H33ClN2O3S/c1-4-23(21-15-14-19-9-5-6-10-20(19)17-21)27-25(29)13-8-16-28(32(3,30)31)24-12-7-11-22(26)18(24)2/h7,11-12,14-15,17,23H,4-6,8-10,13,16H2,1-3H3,(H,27,29)/t23-/m1/s1. The maximum Gasteiger partial charge on any atom is 0.232 e. The van der Waals surface area contributed by atoms with Gasteiger partial charge in [-0.25, -0.2) is 8.42 Å². The Labute approximate surface area is 197 Å². The molecule has 32 heavy (non-hydrogen) atoms. The maximum atomic E-state index is 12.7. The average Bonchev–Trinajstić information content (AvgIpc) is 2.76. The molecule has 1 N–H and O–H groups in total. The molecule has 1 amide bonds. The Kier molecular flexibility index (Phi) is 8.23. The average molecular weight is 477 g/mol. The van der Waals surface area contributed by atoms with Crippen LogP contribution in [0.15, 0.2) is 36.4 Å². The van der Waals surface area contributed by atoms with Crippen LogP contribution < -0.4 is 9.62 Å². The number of benzene rings is 2. The molecular formula is C25H33ClN2O3S. The summed E-state index contributed by atoms with van der Waals surface area (Å²) < 4.78 is 26.1. The van der Waals surface area contributed by atoms with Crippen LogP contribution in [0.3, 0.4) is 0 Å². The summed E-state index contributed by atoms with van der Waals surface area (Å²) in [6.45, 7) is 4.09. The monoisotopic (exact) mass is 476 g/mol. The second-order valence-electron chi connectivity index (χ2n) is 8.59. The first-order valence-electron chi connectivity index (χ1n) is 11.3. The highest BCUT2D eigenvalue weighted by Crippen LogP contribution is 2.29. The van der Waals surface area contributed by atoms with Crippen LogP contribution in [0.25, 0.3) is 0 Å². The first kappa shape index (κ1) is 24.6. The number of rotatable bonds is 9. The highest BCUT2D eigenvalue weighted by Gasteiger charge is 2.21. The molecule has 3 rings (SSSR count). The van der Waals surface area contributed by atoms with Gasteiger partial charge in [-0.2, -0.15) is 0 Å². The lowest BCUT2D eigenvalue weighted by Gasteiger charge is -2.25. The predicted molar refractivity (Wildman–Crippen MR) is 132 cm³/mol. The molecule has 5 nitrogen and oxygen atoms in total. The summed E-state index contributed by atoms with van der Waals surface area (Å²) in [5.41, 5.74) is 5.25. The van der Waals surface area contributed by atoms with Crippen LogP contribution in [0.1, 0.15) is 67.3 Å². The van der Waals surface area contributed by atoms with Crippen LogP contribution in [0, 0.1) is 6.92 Å². The van der Waals surface area contributed by atoms with E-state index in [-0.39, 0.29) is 24.9 Å². The fourth-order valence-corrected chi connectivity index (χ4v) is 5.56. The number of amides is 1. The fraction of sp³-hybridized carbons (Fsp3) is 0.480. The van der Waals surface area contributed by atoms with Crippen molar-refractivity contribution < 1.29 is 13.2 Å². The van der Waals surface area contributed by atoms with Gasteiger partial charge in [-0.1, -0.05) is 42.8 Å². The third kappa shape index (κ3) is 6.04. The number of hydrogen-bond acceptors (Lipinski definition) is 3. The van der Waals surface area contributed by atoms with E-state index >= 15 is 0 Å². The quantitative estimate of drug-likeness (QED) is 0.531. The van der Waals surface area contributed by atoms with E-state index in [2.05, 4.69) is 30.4 Å². The number of nitrogens with one attached hydrogen (secondary N) is 1. The molecule has 1 atom stereocenters. The van der Waals surface area contributed by atoms with Gasteiger partial charge in [0.2, 0.25) is 15.9 Å². The zero-order chi connectivity index (χ0) is 23.3. The molecule has 0 unspecified atom stereocenters. The van der Waals surface area contributed by atoms with Gasteiger partial charge in [-0.15, -0.1) is 0 Å². The van der Waals surface area contributed by atoms with E-state index in [0.29, 0.717) is 22.7 Å². The highest BCUT2D eigenvalue weighted by atomic mass is 35.5. The summed E-state index contributed by atoms with van der Waals surface area (Å²) in [7, 11) is -3.49. The lowest BCUT2D eigenvalue weighted by atomic mass is 9.89. The number of aryl methyl sites for hydroxylation is 2. The summed E-state index contributed by atoms with van der Waals surface area (Å²) in [4.78, 5) is 12.7. The minimum atomic E-state index is -3.49. The van der Waals surface area contributed by atoms with Gasteiger partial charge in [0.1, 0.15) is 0 Å². The summed E-state index contributed by atoms with van der Waals surface area (Å²) >= 11 is 6.18. The lowest BCUT2D eigenvalue weighted by molar-refractivity contribution is -0.121. The van der Waals surface area contributed by atoms with E-state index in [1.165, 1.54) is 34.5 Å². The van der Waals surface area contributed by atoms with Crippen molar-refractivity contribution in [3.05, 3.63) is 63.7 Å². The Morgan fingerprint density at radius 2 is 1.88 bits per heavy atom. The van der Waals surface area contributed by atoms with Crippen molar-refractivity contribution in [3.63, 3.8) is 0 Å². The SMILES string of the molecule is CC[C@@H](NC(=O)CCCN(c1cccc(Cl)c1C)S(C)(=O)=O)c1ccc2c(c1)CCCC2. The molecule has 0 saturated heterocycles. The Morgan fingerprint density at radius 3 is 2.56 bits per heavy atom. The number of hydrogen-bond donors (Lipinski definition) is 1. The van der Waals surface area contributed by atoms with Gasteiger partial charge in [0.15, 0.2) is 0 Å². The summed E-state index contributed by atoms with van der Waals surface area (Å²) in [6.07, 6.45) is 7.39. The number of sulfonamides is 1. The predicted octanol–water partition coefficient (Wildman–Crippen LogP) is 5.34. The molecule has 1 aliphatic rings. The van der Waals surface area contributed by atoms with Crippen molar-refractivity contribution in [3.8, 4) is 0 Å². The van der Waals surface area contributed by atoms with E-state index in [4.69, 9.17) is 11.6 Å². The molecule has 0 aromatic heterocycles. The normalized spacial score (nSPS) is 14.5. The van der Waals surface area contributed by atoms with Crippen LogP contribution in [-0.4, -0.2) is 27.1 Å². The molecular weight excluding hydrogens is 444 g/mol. The van der Waals surface area contributed by atoms with Gasteiger partial charge in [-0.05, 0) is 79.8 Å². The zero-order valence-electron chi connectivity index (χ0n) is 19.2.